The number of H-pyrrole nitrogens is 1. The van der Waals surface area contributed by atoms with Crippen LogP contribution in [0.3, 0.4) is 0 Å². The van der Waals surface area contributed by atoms with Gasteiger partial charge in [0.05, 0.1) is 24.1 Å². The van der Waals surface area contributed by atoms with Crippen molar-refractivity contribution < 1.29 is 14.3 Å². The minimum atomic E-state index is -0.441. The summed E-state index contributed by atoms with van der Waals surface area (Å²) in [5, 5.41) is 4.63. The lowest BCUT2D eigenvalue weighted by atomic mass is 9.80. The number of fused-ring (bicyclic) bond motifs is 1. The average Bonchev–Trinajstić information content (AvgIpc) is 3.32. The molecule has 3 heterocycles. The molecule has 0 atom stereocenters. The van der Waals surface area contributed by atoms with Gasteiger partial charge in [-0.2, -0.15) is 0 Å². The van der Waals surface area contributed by atoms with Gasteiger partial charge in [0, 0.05) is 36.7 Å². The number of aromatic nitrogens is 3. The van der Waals surface area contributed by atoms with E-state index < -0.39 is 11.5 Å². The Morgan fingerprint density at radius 1 is 1.03 bits per heavy atom. The van der Waals surface area contributed by atoms with Crippen LogP contribution in [0.5, 0.6) is 0 Å². The highest BCUT2D eigenvalue weighted by molar-refractivity contribution is 5.88. The maximum absolute atomic E-state index is 13.1. The van der Waals surface area contributed by atoms with Gasteiger partial charge in [0.15, 0.2) is 0 Å². The van der Waals surface area contributed by atoms with Gasteiger partial charge in [0.2, 0.25) is 11.9 Å². The molecule has 8 nitrogen and oxygen atoms in total. The number of benzene rings is 2. The lowest BCUT2D eigenvalue weighted by molar-refractivity contribution is -0.132. The second-order valence-electron chi connectivity index (χ2n) is 9.03. The number of carbonyl (C=O) groups excluding carboxylic acids is 2. The van der Waals surface area contributed by atoms with Crippen molar-refractivity contribution in [1.29, 1.82) is 0 Å². The number of amides is 1. The number of hydrogen-bond acceptors (Lipinski definition) is 6. The predicted molar refractivity (Wildman–Crippen MR) is 138 cm³/mol. The number of nitrogens with one attached hydrogen (secondary N) is 2. The van der Waals surface area contributed by atoms with Crippen molar-refractivity contribution >= 4 is 28.7 Å². The van der Waals surface area contributed by atoms with Crippen LogP contribution < -0.4 is 5.32 Å². The van der Waals surface area contributed by atoms with Crippen LogP contribution in [-0.4, -0.2) is 51.4 Å². The molecule has 5 rings (SSSR count). The standard InChI is InChI=1S/C28H29N5O3/c1-2-36-26(35)21-18-29-27(30-19-21)32-28(22-9-4-3-5-10-22)12-14-33(15-13-28)25(34)17-23-16-20-8-6-7-11-24(20)31-23/h3-11,16,18-19,31H,2,12-15,17H2,1H3,(H,29,30,32). The lowest BCUT2D eigenvalue weighted by Gasteiger charge is -2.43. The Hall–Kier alpha value is -4.20. The van der Waals surface area contributed by atoms with E-state index in [1.54, 1.807) is 6.92 Å². The Bertz CT molecular complexity index is 1310. The molecule has 4 aromatic rings. The van der Waals surface area contributed by atoms with Crippen LogP contribution in [0.2, 0.25) is 0 Å². The normalized spacial score (nSPS) is 15.0. The Balaban J connectivity index is 1.30. The SMILES string of the molecule is CCOC(=O)c1cnc(NC2(c3ccccc3)CCN(C(=O)Cc3cc4ccccc4[nH]3)CC2)nc1. The van der Waals surface area contributed by atoms with Crippen molar-refractivity contribution in [3.05, 3.63) is 89.9 Å². The molecule has 0 unspecified atom stereocenters. The minimum Gasteiger partial charge on any atom is -0.462 e. The fraction of sp³-hybridized carbons (Fsp3) is 0.286. The van der Waals surface area contributed by atoms with E-state index in [-0.39, 0.29) is 5.91 Å². The first-order valence-corrected chi connectivity index (χ1v) is 12.2. The van der Waals surface area contributed by atoms with Crippen LogP contribution in [0.1, 0.15) is 41.4 Å². The minimum absolute atomic E-state index is 0.109. The van der Waals surface area contributed by atoms with E-state index in [0.29, 0.717) is 50.5 Å². The highest BCUT2D eigenvalue weighted by Crippen LogP contribution is 2.36. The molecule has 1 aliphatic rings. The number of carbonyl (C=O) groups is 2. The van der Waals surface area contributed by atoms with Gasteiger partial charge in [-0.1, -0.05) is 48.5 Å². The summed E-state index contributed by atoms with van der Waals surface area (Å²) in [5.74, 6) is 0.103. The summed E-state index contributed by atoms with van der Waals surface area (Å²) in [4.78, 5) is 39.1. The number of piperidine rings is 1. The number of rotatable bonds is 7. The van der Waals surface area contributed by atoms with Gasteiger partial charge in [-0.05, 0) is 42.8 Å². The molecule has 0 aliphatic carbocycles. The molecule has 1 fully saturated rings. The molecule has 2 aromatic carbocycles. The summed E-state index contributed by atoms with van der Waals surface area (Å²) >= 11 is 0. The number of hydrogen-bond donors (Lipinski definition) is 2. The van der Waals surface area contributed by atoms with E-state index in [9.17, 15) is 9.59 Å². The van der Waals surface area contributed by atoms with Gasteiger partial charge < -0.3 is 19.9 Å². The fourth-order valence-corrected chi connectivity index (χ4v) is 4.81. The molecular formula is C28H29N5O3. The maximum Gasteiger partial charge on any atom is 0.341 e. The van der Waals surface area contributed by atoms with Crippen molar-refractivity contribution in [2.75, 3.05) is 25.0 Å². The Kier molecular flexibility index (Phi) is 6.66. The lowest BCUT2D eigenvalue weighted by Crippen LogP contribution is -2.49. The van der Waals surface area contributed by atoms with E-state index in [4.69, 9.17) is 4.74 Å². The number of nitrogens with zero attached hydrogens (tertiary/aromatic N) is 3. The average molecular weight is 484 g/mol. The van der Waals surface area contributed by atoms with Crippen molar-refractivity contribution in [3.8, 4) is 0 Å². The Morgan fingerprint density at radius 3 is 2.42 bits per heavy atom. The maximum atomic E-state index is 13.1. The van der Waals surface area contributed by atoms with Crippen LogP contribution in [0, 0.1) is 0 Å². The van der Waals surface area contributed by atoms with E-state index in [2.05, 4.69) is 32.4 Å². The molecule has 0 spiro atoms. The summed E-state index contributed by atoms with van der Waals surface area (Å²) < 4.78 is 5.02. The van der Waals surface area contributed by atoms with Gasteiger partial charge in [0.1, 0.15) is 0 Å². The van der Waals surface area contributed by atoms with Crippen molar-refractivity contribution in [2.24, 2.45) is 0 Å². The second-order valence-corrected chi connectivity index (χ2v) is 9.03. The zero-order valence-corrected chi connectivity index (χ0v) is 20.2. The third-order valence-electron chi connectivity index (χ3n) is 6.74. The van der Waals surface area contributed by atoms with Crippen LogP contribution >= 0.6 is 0 Å². The smallest absolute Gasteiger partial charge is 0.341 e. The summed E-state index contributed by atoms with van der Waals surface area (Å²) in [6, 6.07) is 20.3. The van der Waals surface area contributed by atoms with Gasteiger partial charge in [-0.25, -0.2) is 14.8 Å². The largest absolute Gasteiger partial charge is 0.462 e. The molecule has 0 saturated carbocycles. The number of likely N-dealkylation sites (tertiary alicyclic amines) is 1. The number of esters is 1. The fourth-order valence-electron chi connectivity index (χ4n) is 4.81. The van der Waals surface area contributed by atoms with E-state index in [0.717, 1.165) is 22.2 Å². The Morgan fingerprint density at radius 2 is 1.72 bits per heavy atom. The molecule has 1 saturated heterocycles. The highest BCUT2D eigenvalue weighted by Gasteiger charge is 2.38. The zero-order valence-electron chi connectivity index (χ0n) is 20.2. The first-order chi connectivity index (χ1) is 17.6. The van der Waals surface area contributed by atoms with Gasteiger partial charge in [-0.15, -0.1) is 0 Å². The summed E-state index contributed by atoms with van der Waals surface area (Å²) in [6.45, 7) is 3.28. The molecule has 0 radical (unpaired) electrons. The second kappa shape index (κ2) is 10.2. The summed E-state index contributed by atoms with van der Waals surface area (Å²) in [7, 11) is 0. The Labute approximate surface area is 209 Å². The van der Waals surface area contributed by atoms with Crippen molar-refractivity contribution in [1.82, 2.24) is 19.9 Å². The van der Waals surface area contributed by atoms with Crippen LogP contribution in [-0.2, 0) is 21.5 Å². The van der Waals surface area contributed by atoms with E-state index >= 15 is 0 Å². The molecule has 36 heavy (non-hydrogen) atoms. The third kappa shape index (κ3) is 4.93. The quantitative estimate of drug-likeness (QED) is 0.380. The summed E-state index contributed by atoms with van der Waals surface area (Å²) in [6.07, 6.45) is 4.71. The van der Waals surface area contributed by atoms with Crippen molar-refractivity contribution in [2.45, 2.75) is 31.7 Å². The number of aromatic amines is 1. The first kappa shape index (κ1) is 23.5. The number of anilines is 1. The molecule has 2 N–H and O–H groups in total. The van der Waals surface area contributed by atoms with E-state index in [1.807, 2.05) is 53.4 Å². The van der Waals surface area contributed by atoms with Crippen molar-refractivity contribution in [3.63, 3.8) is 0 Å². The molecule has 184 valence electrons. The highest BCUT2D eigenvalue weighted by atomic mass is 16.5. The van der Waals surface area contributed by atoms with Crippen LogP contribution in [0.4, 0.5) is 5.95 Å². The molecular weight excluding hydrogens is 454 g/mol. The summed E-state index contributed by atoms with van der Waals surface area (Å²) in [5.41, 5.74) is 2.97. The predicted octanol–water partition coefficient (Wildman–Crippen LogP) is 4.31. The third-order valence-corrected chi connectivity index (χ3v) is 6.74. The van der Waals surface area contributed by atoms with Crippen LogP contribution in [0.25, 0.3) is 10.9 Å². The molecule has 1 aliphatic heterocycles. The van der Waals surface area contributed by atoms with Crippen LogP contribution in [0.15, 0.2) is 73.1 Å². The van der Waals surface area contributed by atoms with E-state index in [1.165, 1.54) is 12.4 Å². The van der Waals surface area contributed by atoms with Gasteiger partial charge in [0.25, 0.3) is 0 Å². The first-order valence-electron chi connectivity index (χ1n) is 12.2. The molecule has 1 amide bonds. The molecule has 0 bridgehead atoms. The number of para-hydroxylation sites is 1. The van der Waals surface area contributed by atoms with Gasteiger partial charge >= 0.3 is 5.97 Å². The molecule has 2 aromatic heterocycles. The zero-order chi connectivity index (χ0) is 25.0. The van der Waals surface area contributed by atoms with Gasteiger partial charge in [-0.3, -0.25) is 4.79 Å². The topological polar surface area (TPSA) is 100 Å². The molecule has 8 heteroatoms. The number of ether oxygens (including phenoxy) is 1. The monoisotopic (exact) mass is 483 g/mol.